The van der Waals surface area contributed by atoms with Gasteiger partial charge in [0.15, 0.2) is 0 Å². The molecule has 0 radical (unpaired) electrons. The fourth-order valence-electron chi connectivity index (χ4n) is 6.13. The molecule has 0 amide bonds. The first-order chi connectivity index (χ1) is 17.2. The zero-order valence-electron chi connectivity index (χ0n) is 20.2. The van der Waals surface area contributed by atoms with Crippen LogP contribution in [0.1, 0.15) is 42.7 Å². The van der Waals surface area contributed by atoms with Gasteiger partial charge in [0.2, 0.25) is 0 Å². The predicted molar refractivity (Wildman–Crippen MR) is 140 cm³/mol. The van der Waals surface area contributed by atoms with Crippen molar-refractivity contribution < 1.29 is 4.74 Å². The van der Waals surface area contributed by atoms with Crippen LogP contribution in [-0.4, -0.2) is 54.2 Å². The number of aromatic nitrogens is 2. The van der Waals surface area contributed by atoms with E-state index in [0.717, 1.165) is 53.9 Å². The minimum atomic E-state index is 0.574. The van der Waals surface area contributed by atoms with E-state index in [0.29, 0.717) is 12.0 Å². The van der Waals surface area contributed by atoms with E-state index in [2.05, 4.69) is 50.2 Å². The molecule has 0 unspecified atom stereocenters. The number of methoxy groups -OCH3 is 1. The van der Waals surface area contributed by atoms with Crippen LogP contribution >= 0.6 is 0 Å². The van der Waals surface area contributed by atoms with E-state index in [1.165, 1.54) is 42.3 Å². The lowest BCUT2D eigenvalue weighted by atomic mass is 9.81. The number of fused-ring (bicyclic) bond motifs is 2. The van der Waals surface area contributed by atoms with Crippen molar-refractivity contribution in [3.8, 4) is 11.8 Å². The average molecular weight is 466 g/mol. The Labute approximate surface area is 206 Å². The molecule has 1 saturated carbocycles. The summed E-state index contributed by atoms with van der Waals surface area (Å²) in [5.74, 6) is 1.46. The molecule has 6 rings (SSSR count). The van der Waals surface area contributed by atoms with Crippen LogP contribution in [-0.2, 0) is 0 Å². The molecule has 6 nitrogen and oxygen atoms in total. The Morgan fingerprint density at radius 3 is 2.63 bits per heavy atom. The summed E-state index contributed by atoms with van der Waals surface area (Å²) >= 11 is 0. The van der Waals surface area contributed by atoms with Crippen molar-refractivity contribution in [2.24, 2.45) is 0 Å². The van der Waals surface area contributed by atoms with Crippen molar-refractivity contribution in [1.29, 1.82) is 5.26 Å². The molecule has 0 bridgehead atoms. The topological polar surface area (TPSA) is 68.2 Å². The summed E-state index contributed by atoms with van der Waals surface area (Å²) in [6.07, 6.45) is 8.93. The maximum Gasteiger partial charge on any atom is 0.121 e. The number of piperazine rings is 1. The number of ether oxygens (including phenoxy) is 1. The Morgan fingerprint density at radius 1 is 1.03 bits per heavy atom. The Morgan fingerprint density at radius 2 is 1.86 bits per heavy atom. The van der Waals surface area contributed by atoms with Gasteiger partial charge in [0.1, 0.15) is 5.75 Å². The second-order valence-corrected chi connectivity index (χ2v) is 9.87. The maximum absolute atomic E-state index is 9.31. The molecule has 1 N–H and O–H groups in total. The van der Waals surface area contributed by atoms with Crippen LogP contribution in [0.3, 0.4) is 0 Å². The fraction of sp³-hybridized carbons (Fsp3) is 0.379. The van der Waals surface area contributed by atoms with Gasteiger partial charge >= 0.3 is 0 Å². The molecule has 1 saturated heterocycles. The van der Waals surface area contributed by atoms with E-state index >= 15 is 0 Å². The highest BCUT2D eigenvalue weighted by molar-refractivity contribution is 5.92. The first-order valence-corrected chi connectivity index (χ1v) is 12.7. The Kier molecular flexibility index (Phi) is 5.79. The Bertz CT molecular complexity index is 1390. The van der Waals surface area contributed by atoms with Crippen molar-refractivity contribution in [3.05, 3.63) is 66.0 Å². The third-order valence-electron chi connectivity index (χ3n) is 8.04. The smallest absolute Gasteiger partial charge is 0.121 e. The van der Waals surface area contributed by atoms with Crippen molar-refractivity contribution in [3.63, 3.8) is 0 Å². The summed E-state index contributed by atoms with van der Waals surface area (Å²) in [6, 6.07) is 17.2. The Balaban J connectivity index is 1.11. The number of benzene rings is 2. The quantitative estimate of drug-likeness (QED) is 0.434. The van der Waals surface area contributed by atoms with Gasteiger partial charge < -0.3 is 14.6 Å². The van der Waals surface area contributed by atoms with Crippen LogP contribution in [0.5, 0.6) is 5.75 Å². The molecule has 1 aliphatic heterocycles. The third kappa shape index (κ3) is 4.11. The van der Waals surface area contributed by atoms with Crippen LogP contribution < -0.4 is 9.64 Å². The summed E-state index contributed by atoms with van der Waals surface area (Å²) in [4.78, 5) is 13.3. The van der Waals surface area contributed by atoms with E-state index in [4.69, 9.17) is 4.74 Å². The molecule has 2 aliphatic rings. The first-order valence-electron chi connectivity index (χ1n) is 12.7. The molecule has 2 aromatic heterocycles. The summed E-state index contributed by atoms with van der Waals surface area (Å²) in [5, 5.41) is 11.7. The van der Waals surface area contributed by atoms with E-state index < -0.39 is 0 Å². The summed E-state index contributed by atoms with van der Waals surface area (Å²) in [5.41, 5.74) is 5.50. The minimum Gasteiger partial charge on any atom is -0.497 e. The normalized spacial score (nSPS) is 21.3. The molecular formula is C29H31N5O. The highest BCUT2D eigenvalue weighted by atomic mass is 16.5. The lowest BCUT2D eigenvalue weighted by Gasteiger charge is -2.42. The number of rotatable bonds is 4. The largest absolute Gasteiger partial charge is 0.497 e. The van der Waals surface area contributed by atoms with Gasteiger partial charge in [-0.25, -0.2) is 0 Å². The van der Waals surface area contributed by atoms with Crippen LogP contribution in [0.25, 0.3) is 21.8 Å². The molecule has 4 aromatic rings. The zero-order valence-corrected chi connectivity index (χ0v) is 20.2. The molecule has 0 spiro atoms. The van der Waals surface area contributed by atoms with Gasteiger partial charge in [-0.3, -0.25) is 9.88 Å². The zero-order chi connectivity index (χ0) is 23.8. The number of nitriles is 1. The van der Waals surface area contributed by atoms with E-state index in [9.17, 15) is 5.26 Å². The second kappa shape index (κ2) is 9.24. The van der Waals surface area contributed by atoms with Crippen molar-refractivity contribution in [1.82, 2.24) is 14.9 Å². The van der Waals surface area contributed by atoms with Gasteiger partial charge in [0.25, 0.3) is 0 Å². The molecule has 2 aromatic carbocycles. The SMILES string of the molecule is COc1cc(N2CCN(C3CCC(c4c[nH]c5ccc(C#N)cc45)CC3)CC2)c2ncccc2c1. The van der Waals surface area contributed by atoms with Gasteiger partial charge in [-0.2, -0.15) is 5.26 Å². The van der Waals surface area contributed by atoms with Gasteiger partial charge in [-0.05, 0) is 67.5 Å². The van der Waals surface area contributed by atoms with Crippen LogP contribution in [0.4, 0.5) is 5.69 Å². The van der Waals surface area contributed by atoms with Crippen molar-refractivity contribution in [2.45, 2.75) is 37.6 Å². The molecular weight excluding hydrogens is 434 g/mol. The molecule has 2 fully saturated rings. The number of H-pyrrole nitrogens is 1. The lowest BCUT2D eigenvalue weighted by molar-refractivity contribution is 0.141. The van der Waals surface area contributed by atoms with Crippen molar-refractivity contribution >= 4 is 27.5 Å². The predicted octanol–water partition coefficient (Wildman–Crippen LogP) is 5.44. The van der Waals surface area contributed by atoms with Crippen molar-refractivity contribution in [2.75, 3.05) is 38.2 Å². The number of anilines is 1. The lowest BCUT2D eigenvalue weighted by Crippen LogP contribution is -2.51. The maximum atomic E-state index is 9.31. The molecule has 178 valence electrons. The molecule has 3 heterocycles. The number of nitrogens with one attached hydrogen (secondary N) is 1. The summed E-state index contributed by atoms with van der Waals surface area (Å²) in [6.45, 7) is 4.19. The number of aromatic amines is 1. The molecule has 1 aliphatic carbocycles. The minimum absolute atomic E-state index is 0.574. The summed E-state index contributed by atoms with van der Waals surface area (Å²) in [7, 11) is 1.73. The highest BCUT2D eigenvalue weighted by Crippen LogP contribution is 2.39. The number of pyridine rings is 1. The van der Waals surface area contributed by atoms with Crippen LogP contribution in [0.2, 0.25) is 0 Å². The molecule has 0 atom stereocenters. The fourth-order valence-corrected chi connectivity index (χ4v) is 6.13. The number of hydrogen-bond acceptors (Lipinski definition) is 5. The van der Waals surface area contributed by atoms with E-state index in [-0.39, 0.29) is 0 Å². The van der Waals surface area contributed by atoms with Gasteiger partial charge in [0.05, 0.1) is 29.9 Å². The monoisotopic (exact) mass is 465 g/mol. The Hall–Kier alpha value is -3.56. The molecule has 6 heteroatoms. The third-order valence-corrected chi connectivity index (χ3v) is 8.04. The van der Waals surface area contributed by atoms with Crippen LogP contribution in [0.15, 0.2) is 54.9 Å². The average Bonchev–Trinajstić information content (AvgIpc) is 3.36. The summed E-state index contributed by atoms with van der Waals surface area (Å²) < 4.78 is 5.57. The van der Waals surface area contributed by atoms with E-state index in [1.54, 1.807) is 7.11 Å². The number of hydrogen-bond donors (Lipinski definition) is 1. The van der Waals surface area contributed by atoms with Gasteiger partial charge in [0, 0.05) is 67.0 Å². The highest BCUT2D eigenvalue weighted by Gasteiger charge is 2.30. The second-order valence-electron chi connectivity index (χ2n) is 9.87. The van der Waals surface area contributed by atoms with Gasteiger partial charge in [-0.1, -0.05) is 6.07 Å². The van der Waals surface area contributed by atoms with Crippen LogP contribution in [0, 0.1) is 11.3 Å². The molecule has 35 heavy (non-hydrogen) atoms. The standard InChI is InChI=1S/C29H31N5O/c1-35-24-16-22-3-2-10-31-29(22)28(17-24)34-13-11-33(12-14-34)23-7-5-21(6-8-23)26-19-32-27-9-4-20(18-30)15-25(26)27/h2-4,9-10,15-17,19,21,23,32H,5-8,11-14H2,1H3. The van der Waals surface area contributed by atoms with Gasteiger partial charge in [-0.15, -0.1) is 0 Å². The first kappa shape index (κ1) is 21.9. The number of nitrogens with zero attached hydrogens (tertiary/aromatic N) is 4. The van der Waals surface area contributed by atoms with E-state index in [1.807, 2.05) is 30.5 Å².